The molecule has 0 aliphatic rings. The second-order valence-corrected chi connectivity index (χ2v) is 6.41. The standard InChI is InChI=1S/C14H13BrN2O2S/c1-9(12-7-8-13(15)20-12)16-17-14(18)10-5-3-4-6-11(10)19-2/h3-8H,1-2H3,(H,17,18)/b16-9+. The van der Waals surface area contributed by atoms with Gasteiger partial charge in [0.1, 0.15) is 5.75 Å². The van der Waals surface area contributed by atoms with Crippen LogP contribution in [0, 0.1) is 0 Å². The number of nitrogens with zero attached hydrogens (tertiary/aromatic N) is 1. The number of carbonyl (C=O) groups excluding carboxylic acids is 1. The molecule has 1 heterocycles. The topological polar surface area (TPSA) is 50.7 Å². The number of benzene rings is 1. The zero-order chi connectivity index (χ0) is 14.5. The van der Waals surface area contributed by atoms with Crippen molar-refractivity contribution >= 4 is 38.9 Å². The Morgan fingerprint density at radius 3 is 2.70 bits per heavy atom. The minimum absolute atomic E-state index is 0.294. The van der Waals surface area contributed by atoms with Crippen LogP contribution in [-0.4, -0.2) is 18.7 Å². The zero-order valence-electron chi connectivity index (χ0n) is 11.0. The van der Waals surface area contributed by atoms with Gasteiger partial charge in [-0.3, -0.25) is 4.79 Å². The van der Waals surface area contributed by atoms with Gasteiger partial charge < -0.3 is 4.74 Å². The van der Waals surface area contributed by atoms with Gasteiger partial charge in [-0.2, -0.15) is 5.10 Å². The van der Waals surface area contributed by atoms with E-state index in [1.807, 2.05) is 25.1 Å². The van der Waals surface area contributed by atoms with Crippen LogP contribution in [0.15, 0.2) is 45.3 Å². The summed E-state index contributed by atoms with van der Waals surface area (Å²) < 4.78 is 6.17. The fourth-order valence-electron chi connectivity index (χ4n) is 1.59. The molecule has 0 atom stereocenters. The molecule has 0 fully saturated rings. The highest BCUT2D eigenvalue weighted by Crippen LogP contribution is 2.22. The van der Waals surface area contributed by atoms with Crippen molar-refractivity contribution < 1.29 is 9.53 Å². The number of halogens is 1. The molecule has 0 aliphatic heterocycles. The number of hydrazone groups is 1. The number of rotatable bonds is 4. The largest absolute Gasteiger partial charge is 0.496 e. The molecule has 0 bridgehead atoms. The van der Waals surface area contributed by atoms with Crippen LogP contribution in [0.2, 0.25) is 0 Å². The number of hydrogen-bond acceptors (Lipinski definition) is 4. The smallest absolute Gasteiger partial charge is 0.275 e. The van der Waals surface area contributed by atoms with Crippen LogP contribution < -0.4 is 10.2 Å². The Labute approximate surface area is 129 Å². The molecule has 2 aromatic rings. The van der Waals surface area contributed by atoms with Crippen LogP contribution in [0.5, 0.6) is 5.75 Å². The van der Waals surface area contributed by atoms with E-state index in [1.54, 1.807) is 29.5 Å². The van der Waals surface area contributed by atoms with Crippen LogP contribution in [0.25, 0.3) is 0 Å². The molecular formula is C14H13BrN2O2S. The first-order valence-electron chi connectivity index (χ1n) is 5.85. The first-order valence-corrected chi connectivity index (χ1v) is 7.46. The van der Waals surface area contributed by atoms with Crippen LogP contribution in [-0.2, 0) is 0 Å². The summed E-state index contributed by atoms with van der Waals surface area (Å²) in [5.74, 6) is 0.231. The molecule has 4 nitrogen and oxygen atoms in total. The van der Waals surface area contributed by atoms with Crippen LogP contribution in [0.1, 0.15) is 22.2 Å². The molecular weight excluding hydrogens is 340 g/mol. The highest BCUT2D eigenvalue weighted by atomic mass is 79.9. The average molecular weight is 353 g/mol. The maximum absolute atomic E-state index is 12.1. The van der Waals surface area contributed by atoms with E-state index < -0.39 is 0 Å². The third kappa shape index (κ3) is 3.46. The van der Waals surface area contributed by atoms with Gasteiger partial charge >= 0.3 is 0 Å². The number of amides is 1. The summed E-state index contributed by atoms with van der Waals surface area (Å²) in [6, 6.07) is 10.9. The highest BCUT2D eigenvalue weighted by molar-refractivity contribution is 9.11. The van der Waals surface area contributed by atoms with Crippen molar-refractivity contribution in [1.82, 2.24) is 5.43 Å². The number of nitrogens with one attached hydrogen (secondary N) is 1. The van der Waals surface area contributed by atoms with E-state index in [0.717, 1.165) is 14.4 Å². The number of methoxy groups -OCH3 is 1. The van der Waals surface area contributed by atoms with E-state index in [0.29, 0.717) is 11.3 Å². The zero-order valence-corrected chi connectivity index (χ0v) is 13.4. The van der Waals surface area contributed by atoms with Gasteiger partial charge in [0, 0.05) is 0 Å². The van der Waals surface area contributed by atoms with Gasteiger partial charge in [-0.05, 0) is 47.1 Å². The van der Waals surface area contributed by atoms with Crippen LogP contribution in [0.3, 0.4) is 0 Å². The van der Waals surface area contributed by atoms with Gasteiger partial charge in [-0.25, -0.2) is 5.43 Å². The van der Waals surface area contributed by atoms with Crippen molar-refractivity contribution in [3.8, 4) is 5.75 Å². The molecule has 0 saturated heterocycles. The van der Waals surface area contributed by atoms with Crippen molar-refractivity contribution in [3.63, 3.8) is 0 Å². The molecule has 1 N–H and O–H groups in total. The minimum Gasteiger partial charge on any atom is -0.496 e. The lowest BCUT2D eigenvalue weighted by Gasteiger charge is -2.06. The van der Waals surface area contributed by atoms with E-state index in [2.05, 4.69) is 26.5 Å². The lowest BCUT2D eigenvalue weighted by molar-refractivity contribution is 0.0952. The van der Waals surface area contributed by atoms with E-state index in [4.69, 9.17) is 4.74 Å². The third-order valence-corrected chi connectivity index (χ3v) is 4.34. The molecule has 0 saturated carbocycles. The Morgan fingerprint density at radius 2 is 2.05 bits per heavy atom. The Balaban J connectivity index is 2.12. The van der Waals surface area contributed by atoms with Gasteiger partial charge in [-0.1, -0.05) is 12.1 Å². The van der Waals surface area contributed by atoms with Gasteiger partial charge in [0.2, 0.25) is 0 Å². The number of ether oxygens (including phenoxy) is 1. The molecule has 104 valence electrons. The van der Waals surface area contributed by atoms with Gasteiger partial charge in [0.05, 0.1) is 27.0 Å². The molecule has 0 radical (unpaired) electrons. The number of hydrogen-bond donors (Lipinski definition) is 1. The molecule has 2 rings (SSSR count). The summed E-state index contributed by atoms with van der Waals surface area (Å²) >= 11 is 4.96. The van der Waals surface area contributed by atoms with Crippen LogP contribution >= 0.6 is 27.3 Å². The lowest BCUT2D eigenvalue weighted by atomic mass is 10.2. The van der Waals surface area contributed by atoms with Crippen molar-refractivity contribution in [2.75, 3.05) is 7.11 Å². The summed E-state index contributed by atoms with van der Waals surface area (Å²) in [5, 5.41) is 4.11. The Hall–Kier alpha value is -1.66. The summed E-state index contributed by atoms with van der Waals surface area (Å²) in [6.07, 6.45) is 0. The number of thiophene rings is 1. The van der Waals surface area contributed by atoms with Crippen molar-refractivity contribution in [1.29, 1.82) is 0 Å². The maximum atomic E-state index is 12.1. The molecule has 0 spiro atoms. The first kappa shape index (κ1) is 14.7. The van der Waals surface area contributed by atoms with Crippen LogP contribution in [0.4, 0.5) is 0 Å². The fraction of sp³-hybridized carbons (Fsp3) is 0.143. The molecule has 0 aliphatic carbocycles. The normalized spacial score (nSPS) is 11.2. The lowest BCUT2D eigenvalue weighted by Crippen LogP contribution is -2.19. The second kappa shape index (κ2) is 6.67. The van der Waals surface area contributed by atoms with Crippen molar-refractivity contribution in [2.24, 2.45) is 5.10 Å². The minimum atomic E-state index is -0.294. The quantitative estimate of drug-likeness (QED) is 0.674. The highest BCUT2D eigenvalue weighted by Gasteiger charge is 2.11. The predicted molar refractivity (Wildman–Crippen MR) is 84.7 cm³/mol. The number of para-hydroxylation sites is 1. The van der Waals surface area contributed by atoms with Gasteiger partial charge in [0.25, 0.3) is 5.91 Å². The summed E-state index contributed by atoms with van der Waals surface area (Å²) in [5.41, 5.74) is 3.75. The third-order valence-electron chi connectivity index (χ3n) is 2.61. The molecule has 0 unspecified atom stereocenters. The SMILES string of the molecule is COc1ccccc1C(=O)N/N=C(\C)c1ccc(Br)s1. The monoisotopic (exact) mass is 352 g/mol. The van der Waals surface area contributed by atoms with Crippen molar-refractivity contribution in [2.45, 2.75) is 6.92 Å². The Kier molecular flexibility index (Phi) is 4.92. The van der Waals surface area contributed by atoms with E-state index in [9.17, 15) is 4.79 Å². The molecule has 1 aromatic heterocycles. The predicted octanol–water partition coefficient (Wildman–Crippen LogP) is 3.67. The van der Waals surface area contributed by atoms with Crippen molar-refractivity contribution in [3.05, 3.63) is 50.6 Å². The van der Waals surface area contributed by atoms with Gasteiger partial charge in [-0.15, -0.1) is 11.3 Å². The Morgan fingerprint density at radius 1 is 1.30 bits per heavy atom. The Bertz CT molecular complexity index is 652. The molecule has 1 amide bonds. The maximum Gasteiger partial charge on any atom is 0.275 e. The molecule has 1 aromatic carbocycles. The van der Waals surface area contributed by atoms with E-state index >= 15 is 0 Å². The molecule has 6 heteroatoms. The summed E-state index contributed by atoms with van der Waals surface area (Å²) in [7, 11) is 1.53. The van der Waals surface area contributed by atoms with E-state index in [1.165, 1.54) is 7.11 Å². The fourth-order valence-corrected chi connectivity index (χ4v) is 2.92. The summed E-state index contributed by atoms with van der Waals surface area (Å²) in [6.45, 7) is 1.85. The molecule has 20 heavy (non-hydrogen) atoms. The van der Waals surface area contributed by atoms with E-state index in [-0.39, 0.29) is 5.91 Å². The number of carbonyl (C=O) groups is 1. The second-order valence-electron chi connectivity index (χ2n) is 3.94. The first-order chi connectivity index (χ1) is 9.61. The average Bonchev–Trinajstić information content (AvgIpc) is 2.91. The van der Waals surface area contributed by atoms with Gasteiger partial charge in [0.15, 0.2) is 0 Å². The summed E-state index contributed by atoms with van der Waals surface area (Å²) in [4.78, 5) is 13.1.